The van der Waals surface area contributed by atoms with Crippen LogP contribution in [0.5, 0.6) is 0 Å². The largest absolute Gasteiger partial charge is 0.317 e. The van der Waals surface area contributed by atoms with Crippen LogP contribution in [0.25, 0.3) is 11.8 Å². The highest BCUT2D eigenvalue weighted by atomic mass is 32.1. The molecule has 0 fully saturated rings. The van der Waals surface area contributed by atoms with Crippen molar-refractivity contribution < 1.29 is 4.79 Å². The average molecular weight is 392 g/mol. The molecule has 7 heteroatoms. The Kier molecular flexibility index (Phi) is 6.02. The Bertz CT molecular complexity index is 1070. The van der Waals surface area contributed by atoms with Gasteiger partial charge in [0, 0.05) is 24.0 Å². The smallest absolute Gasteiger partial charge is 0.268 e. The molecule has 6 nitrogen and oxygen atoms in total. The van der Waals surface area contributed by atoms with E-state index in [-0.39, 0.29) is 5.57 Å². The zero-order chi connectivity index (χ0) is 20.1. The molecule has 0 atom stereocenters. The molecule has 1 aromatic carbocycles. The summed E-state index contributed by atoms with van der Waals surface area (Å²) in [6.45, 7) is 6.18. The fourth-order valence-electron chi connectivity index (χ4n) is 2.70. The Morgan fingerprint density at radius 1 is 1.29 bits per heavy atom. The van der Waals surface area contributed by atoms with E-state index in [0.29, 0.717) is 5.13 Å². The quantitative estimate of drug-likeness (QED) is 0.497. The van der Waals surface area contributed by atoms with Crippen molar-refractivity contribution in [1.82, 2.24) is 14.8 Å². The van der Waals surface area contributed by atoms with Crippen LogP contribution in [0.15, 0.2) is 42.1 Å². The lowest BCUT2D eigenvalue weighted by Crippen LogP contribution is -2.13. The minimum atomic E-state index is -0.491. The Morgan fingerprint density at radius 2 is 2.11 bits per heavy atom. The van der Waals surface area contributed by atoms with Crippen molar-refractivity contribution in [2.24, 2.45) is 0 Å². The first kappa shape index (κ1) is 19.5. The number of nitrogens with zero attached hydrogens (tertiary/aromatic N) is 4. The molecule has 0 saturated carbocycles. The fraction of sp³-hybridized carbons (Fsp3) is 0.238. The van der Waals surface area contributed by atoms with Gasteiger partial charge >= 0.3 is 0 Å². The molecule has 1 N–H and O–H groups in total. The van der Waals surface area contributed by atoms with Crippen LogP contribution in [0.4, 0.5) is 5.13 Å². The third-order valence-corrected chi connectivity index (χ3v) is 5.26. The highest BCUT2D eigenvalue weighted by Crippen LogP contribution is 2.20. The highest BCUT2D eigenvalue weighted by molar-refractivity contribution is 7.15. The molecular formula is C21H21N5OS. The number of carbonyl (C=O) groups is 1. The molecule has 0 unspecified atom stereocenters. The molecular weight excluding hydrogens is 370 g/mol. The monoisotopic (exact) mass is 391 g/mol. The number of aromatic nitrogens is 3. The molecule has 28 heavy (non-hydrogen) atoms. The van der Waals surface area contributed by atoms with E-state index >= 15 is 0 Å². The predicted octanol–water partition coefficient (Wildman–Crippen LogP) is 4.44. The number of anilines is 1. The Labute approximate surface area is 168 Å². The van der Waals surface area contributed by atoms with Gasteiger partial charge in [-0.1, -0.05) is 24.3 Å². The van der Waals surface area contributed by atoms with Gasteiger partial charge < -0.3 is 4.57 Å². The molecule has 3 aromatic rings. The lowest BCUT2D eigenvalue weighted by molar-refractivity contribution is -0.112. The second-order valence-corrected chi connectivity index (χ2v) is 7.51. The molecule has 142 valence electrons. The normalized spacial score (nSPS) is 11.3. The van der Waals surface area contributed by atoms with Crippen LogP contribution in [0, 0.1) is 25.2 Å². The van der Waals surface area contributed by atoms with E-state index < -0.39 is 5.91 Å². The van der Waals surface area contributed by atoms with Crippen molar-refractivity contribution in [2.45, 2.75) is 33.6 Å². The lowest BCUT2D eigenvalue weighted by Gasteiger charge is -2.09. The van der Waals surface area contributed by atoms with Crippen molar-refractivity contribution in [3.63, 3.8) is 0 Å². The van der Waals surface area contributed by atoms with E-state index in [1.54, 1.807) is 6.08 Å². The van der Waals surface area contributed by atoms with Gasteiger partial charge in [-0.2, -0.15) is 5.26 Å². The maximum Gasteiger partial charge on any atom is 0.268 e. The average Bonchev–Trinajstić information content (AvgIpc) is 3.31. The van der Waals surface area contributed by atoms with Crippen molar-refractivity contribution in [3.8, 4) is 11.8 Å². The predicted molar refractivity (Wildman–Crippen MR) is 111 cm³/mol. The summed E-state index contributed by atoms with van der Waals surface area (Å²) >= 11 is 1.33. The van der Waals surface area contributed by atoms with Gasteiger partial charge in [-0.25, -0.2) is 0 Å². The standard InChI is InChI=1S/C21H21N5OS/c1-4-6-19-24-25-21(28-19)23-20(27)16(13-22)12-17-7-5-10-26(17)18-9-8-14(2)15(3)11-18/h5,7-12H,4,6H2,1-3H3,(H,23,25,27)/b16-12-. The highest BCUT2D eigenvalue weighted by Gasteiger charge is 2.14. The number of hydrogen-bond acceptors (Lipinski definition) is 5. The molecule has 0 spiro atoms. The van der Waals surface area contributed by atoms with E-state index in [1.165, 1.54) is 22.5 Å². The molecule has 0 aliphatic heterocycles. The summed E-state index contributed by atoms with van der Waals surface area (Å²) in [7, 11) is 0. The third-order valence-electron chi connectivity index (χ3n) is 4.36. The van der Waals surface area contributed by atoms with Crippen LogP contribution in [0.3, 0.4) is 0 Å². The summed E-state index contributed by atoms with van der Waals surface area (Å²) in [5, 5.41) is 21.4. The van der Waals surface area contributed by atoms with E-state index in [1.807, 2.05) is 35.0 Å². The Morgan fingerprint density at radius 3 is 2.82 bits per heavy atom. The zero-order valence-corrected chi connectivity index (χ0v) is 16.9. The van der Waals surface area contributed by atoms with E-state index in [9.17, 15) is 10.1 Å². The number of nitriles is 1. The number of rotatable bonds is 6. The van der Waals surface area contributed by atoms with Crippen molar-refractivity contribution in [1.29, 1.82) is 5.26 Å². The maximum atomic E-state index is 12.5. The summed E-state index contributed by atoms with van der Waals surface area (Å²) in [6.07, 6.45) is 5.27. The molecule has 0 radical (unpaired) electrons. The third kappa shape index (κ3) is 4.35. The van der Waals surface area contributed by atoms with Crippen LogP contribution >= 0.6 is 11.3 Å². The van der Waals surface area contributed by atoms with E-state index in [4.69, 9.17) is 0 Å². The van der Waals surface area contributed by atoms with Crippen molar-refractivity contribution >= 4 is 28.5 Å². The molecule has 0 bridgehead atoms. The summed E-state index contributed by atoms with van der Waals surface area (Å²) in [6, 6.07) is 11.9. The SMILES string of the molecule is CCCc1nnc(NC(=O)/C(C#N)=C\c2cccn2-c2ccc(C)c(C)c2)s1. The van der Waals surface area contributed by atoms with Crippen molar-refractivity contribution in [2.75, 3.05) is 5.32 Å². The van der Waals surface area contributed by atoms with Gasteiger partial charge in [-0.15, -0.1) is 10.2 Å². The van der Waals surface area contributed by atoms with E-state index in [0.717, 1.165) is 29.2 Å². The minimum absolute atomic E-state index is 0.0102. The first-order valence-electron chi connectivity index (χ1n) is 9.02. The number of benzene rings is 1. The molecule has 1 amide bonds. The van der Waals surface area contributed by atoms with Crippen LogP contribution < -0.4 is 5.32 Å². The van der Waals surface area contributed by atoms with Gasteiger partial charge in [0.1, 0.15) is 16.6 Å². The number of nitrogens with one attached hydrogen (secondary N) is 1. The van der Waals surface area contributed by atoms with Gasteiger partial charge in [0.05, 0.1) is 0 Å². The maximum absolute atomic E-state index is 12.5. The van der Waals surface area contributed by atoms with Gasteiger partial charge in [0.15, 0.2) is 0 Å². The summed E-state index contributed by atoms with van der Waals surface area (Å²) < 4.78 is 1.95. The minimum Gasteiger partial charge on any atom is -0.317 e. The number of aryl methyl sites for hydroxylation is 3. The summed E-state index contributed by atoms with van der Waals surface area (Å²) in [5.74, 6) is -0.491. The molecule has 0 aliphatic rings. The van der Waals surface area contributed by atoms with Crippen LogP contribution in [-0.4, -0.2) is 20.7 Å². The number of carbonyl (C=O) groups excluding carboxylic acids is 1. The molecule has 3 rings (SSSR count). The Hall–Kier alpha value is -3.24. The fourth-order valence-corrected chi connectivity index (χ4v) is 3.54. The Balaban J connectivity index is 1.84. The van der Waals surface area contributed by atoms with Crippen molar-refractivity contribution in [3.05, 3.63) is 63.9 Å². The molecule has 2 heterocycles. The molecule has 0 saturated heterocycles. The molecule has 0 aliphatic carbocycles. The van der Waals surface area contributed by atoms with Gasteiger partial charge in [0.25, 0.3) is 5.91 Å². The second-order valence-electron chi connectivity index (χ2n) is 6.45. The van der Waals surface area contributed by atoms with Gasteiger partial charge in [0.2, 0.25) is 5.13 Å². The van der Waals surface area contributed by atoms with Crippen LogP contribution in [-0.2, 0) is 11.2 Å². The van der Waals surface area contributed by atoms with Gasteiger partial charge in [-0.3, -0.25) is 10.1 Å². The summed E-state index contributed by atoms with van der Waals surface area (Å²) in [4.78, 5) is 12.5. The summed E-state index contributed by atoms with van der Waals surface area (Å²) in [5.41, 5.74) is 4.13. The van der Waals surface area contributed by atoms with Crippen LogP contribution in [0.1, 0.15) is 35.2 Å². The van der Waals surface area contributed by atoms with Gasteiger partial charge in [-0.05, 0) is 61.7 Å². The lowest BCUT2D eigenvalue weighted by atomic mass is 10.1. The topological polar surface area (TPSA) is 83.6 Å². The zero-order valence-electron chi connectivity index (χ0n) is 16.1. The van der Waals surface area contributed by atoms with E-state index in [2.05, 4.69) is 48.4 Å². The number of hydrogen-bond donors (Lipinski definition) is 1. The first-order chi connectivity index (χ1) is 13.5. The molecule has 2 aromatic heterocycles. The first-order valence-corrected chi connectivity index (χ1v) is 9.84. The number of amides is 1. The van der Waals surface area contributed by atoms with Crippen LogP contribution in [0.2, 0.25) is 0 Å². The second kappa shape index (κ2) is 8.63.